The van der Waals surface area contributed by atoms with Gasteiger partial charge in [-0.25, -0.2) is 4.98 Å². The molecule has 2 aromatic carbocycles. The maximum absolute atomic E-state index is 13.5. The Labute approximate surface area is 184 Å². The van der Waals surface area contributed by atoms with E-state index < -0.39 is 11.7 Å². The second-order valence-corrected chi connectivity index (χ2v) is 7.90. The van der Waals surface area contributed by atoms with Gasteiger partial charge in [-0.05, 0) is 76.2 Å². The first kappa shape index (κ1) is 23.2. The summed E-state index contributed by atoms with van der Waals surface area (Å²) in [4.78, 5) is 7.88. The summed E-state index contributed by atoms with van der Waals surface area (Å²) < 4.78 is 51.6. The first-order valence-electron chi connectivity index (χ1n) is 10.0. The summed E-state index contributed by atoms with van der Waals surface area (Å²) in [5.74, 6) is 0.968. The van der Waals surface area contributed by atoms with Crippen LogP contribution in [0.15, 0.2) is 54.7 Å². The fraction of sp³-hybridized carbons (Fsp3) is 0.304. The molecule has 0 atom stereocenters. The Morgan fingerprint density at radius 2 is 1.41 bits per heavy atom. The van der Waals surface area contributed by atoms with Crippen molar-refractivity contribution in [3.05, 3.63) is 60.3 Å². The van der Waals surface area contributed by atoms with Gasteiger partial charge < -0.3 is 20.1 Å². The van der Waals surface area contributed by atoms with Crippen LogP contribution in [-0.4, -0.2) is 22.2 Å². The van der Waals surface area contributed by atoms with Crippen LogP contribution in [0.5, 0.6) is 11.5 Å². The quantitative estimate of drug-likeness (QED) is 0.428. The molecule has 0 unspecified atom stereocenters. The van der Waals surface area contributed by atoms with Crippen LogP contribution in [0.4, 0.5) is 36.3 Å². The van der Waals surface area contributed by atoms with Gasteiger partial charge in [-0.3, -0.25) is 0 Å². The highest BCUT2D eigenvalue weighted by atomic mass is 19.4. The molecular formula is C23H25F3N4O2. The van der Waals surface area contributed by atoms with Crippen LogP contribution in [0.3, 0.4) is 0 Å². The fourth-order valence-electron chi connectivity index (χ4n) is 2.77. The molecule has 1 aromatic heterocycles. The molecular weight excluding hydrogens is 421 g/mol. The predicted molar refractivity (Wildman–Crippen MR) is 118 cm³/mol. The molecule has 0 saturated heterocycles. The van der Waals surface area contributed by atoms with Gasteiger partial charge in [0.2, 0.25) is 5.95 Å². The van der Waals surface area contributed by atoms with Crippen molar-refractivity contribution in [1.29, 1.82) is 0 Å². The zero-order valence-electron chi connectivity index (χ0n) is 18.2. The molecule has 2 N–H and O–H groups in total. The number of hydrogen-bond acceptors (Lipinski definition) is 6. The molecule has 0 spiro atoms. The summed E-state index contributed by atoms with van der Waals surface area (Å²) in [6.07, 6.45) is -3.86. The zero-order valence-corrected chi connectivity index (χ0v) is 18.2. The Morgan fingerprint density at radius 3 is 1.94 bits per heavy atom. The average Bonchev–Trinajstić information content (AvgIpc) is 2.69. The topological polar surface area (TPSA) is 68.3 Å². The molecule has 0 fully saturated rings. The highest BCUT2D eigenvalue weighted by Crippen LogP contribution is 2.35. The van der Waals surface area contributed by atoms with Crippen molar-refractivity contribution in [2.75, 3.05) is 17.2 Å². The van der Waals surface area contributed by atoms with E-state index in [-0.39, 0.29) is 17.4 Å². The van der Waals surface area contributed by atoms with Crippen molar-refractivity contribution in [3.63, 3.8) is 0 Å². The van der Waals surface area contributed by atoms with Gasteiger partial charge >= 0.3 is 6.18 Å². The van der Waals surface area contributed by atoms with E-state index in [4.69, 9.17) is 9.47 Å². The van der Waals surface area contributed by atoms with E-state index in [9.17, 15) is 13.2 Å². The van der Waals surface area contributed by atoms with Crippen LogP contribution in [0.2, 0.25) is 0 Å². The van der Waals surface area contributed by atoms with E-state index in [0.29, 0.717) is 29.5 Å². The van der Waals surface area contributed by atoms with Gasteiger partial charge in [0.15, 0.2) is 0 Å². The molecule has 0 saturated carbocycles. The van der Waals surface area contributed by atoms with Crippen LogP contribution < -0.4 is 20.1 Å². The Morgan fingerprint density at radius 1 is 0.844 bits per heavy atom. The molecule has 0 aliphatic heterocycles. The number of halogens is 3. The Hall–Kier alpha value is -3.49. The summed E-state index contributed by atoms with van der Waals surface area (Å²) in [6.45, 7) is 8.16. The molecule has 0 radical (unpaired) electrons. The normalized spacial score (nSPS) is 11.7. The van der Waals surface area contributed by atoms with Crippen LogP contribution >= 0.6 is 0 Å². The minimum atomic E-state index is -4.61. The lowest BCUT2D eigenvalue weighted by molar-refractivity contribution is -0.137. The molecule has 3 rings (SSSR count). The number of hydrogen-bond donors (Lipinski definition) is 2. The van der Waals surface area contributed by atoms with Gasteiger partial charge in [0, 0.05) is 17.6 Å². The smallest absolute Gasteiger partial charge is 0.421 e. The molecule has 1 heterocycles. The van der Waals surface area contributed by atoms with Crippen molar-refractivity contribution >= 4 is 23.1 Å². The minimum Gasteiger partial charge on any atom is -0.494 e. The van der Waals surface area contributed by atoms with Crippen molar-refractivity contribution < 1.29 is 22.6 Å². The second kappa shape index (κ2) is 9.33. The Bertz CT molecular complexity index is 1030. The maximum Gasteiger partial charge on any atom is 0.421 e. The Kier molecular flexibility index (Phi) is 6.76. The van der Waals surface area contributed by atoms with Crippen LogP contribution in [0.25, 0.3) is 0 Å². The standard InChI is InChI=1S/C23H25F3N4O2/c1-5-31-17-10-6-15(7-11-17)28-20-19(23(24,25)26)14-27-21(30-20)29-16-8-12-18(13-9-16)32-22(2,3)4/h6-14H,5H2,1-4H3,(H2,27,28,29,30). The number of alkyl halides is 3. The highest BCUT2D eigenvalue weighted by Gasteiger charge is 2.35. The average molecular weight is 446 g/mol. The molecule has 0 bridgehead atoms. The number of benzene rings is 2. The number of ether oxygens (including phenoxy) is 2. The molecule has 170 valence electrons. The van der Waals surface area contributed by atoms with Crippen molar-refractivity contribution in [2.24, 2.45) is 0 Å². The number of anilines is 4. The Balaban J connectivity index is 1.82. The van der Waals surface area contributed by atoms with Crippen molar-refractivity contribution in [3.8, 4) is 11.5 Å². The van der Waals surface area contributed by atoms with E-state index in [1.165, 1.54) is 0 Å². The van der Waals surface area contributed by atoms with E-state index in [2.05, 4.69) is 20.6 Å². The van der Waals surface area contributed by atoms with Gasteiger partial charge in [-0.15, -0.1) is 0 Å². The van der Waals surface area contributed by atoms with E-state index in [1.807, 2.05) is 27.7 Å². The maximum atomic E-state index is 13.5. The minimum absolute atomic E-state index is 0.0240. The lowest BCUT2D eigenvalue weighted by Crippen LogP contribution is -2.22. The third-order valence-electron chi connectivity index (χ3n) is 4.06. The molecule has 0 amide bonds. The number of nitrogens with zero attached hydrogens (tertiary/aromatic N) is 2. The third kappa shape index (κ3) is 6.50. The highest BCUT2D eigenvalue weighted by molar-refractivity contribution is 5.63. The van der Waals surface area contributed by atoms with Crippen molar-refractivity contribution in [1.82, 2.24) is 9.97 Å². The van der Waals surface area contributed by atoms with Crippen LogP contribution in [0.1, 0.15) is 33.3 Å². The lowest BCUT2D eigenvalue weighted by Gasteiger charge is -2.21. The number of rotatable bonds is 7. The van der Waals surface area contributed by atoms with Gasteiger partial charge in [0.1, 0.15) is 28.5 Å². The fourth-order valence-corrected chi connectivity index (χ4v) is 2.77. The monoisotopic (exact) mass is 446 g/mol. The number of aromatic nitrogens is 2. The molecule has 9 heteroatoms. The summed E-state index contributed by atoms with van der Waals surface area (Å²) in [5, 5.41) is 5.64. The summed E-state index contributed by atoms with van der Waals surface area (Å²) >= 11 is 0. The molecule has 0 aliphatic rings. The zero-order chi connectivity index (χ0) is 23.4. The van der Waals surface area contributed by atoms with Gasteiger partial charge in [-0.2, -0.15) is 18.2 Å². The van der Waals surface area contributed by atoms with Gasteiger partial charge in [0.25, 0.3) is 0 Å². The van der Waals surface area contributed by atoms with E-state index in [0.717, 1.165) is 6.20 Å². The van der Waals surface area contributed by atoms with Crippen LogP contribution in [0, 0.1) is 0 Å². The van der Waals surface area contributed by atoms with Crippen LogP contribution in [-0.2, 0) is 6.18 Å². The molecule has 0 aliphatic carbocycles. The van der Waals surface area contributed by atoms with E-state index in [1.54, 1.807) is 48.5 Å². The largest absolute Gasteiger partial charge is 0.494 e. The van der Waals surface area contributed by atoms with Crippen molar-refractivity contribution in [2.45, 2.75) is 39.5 Å². The molecule has 32 heavy (non-hydrogen) atoms. The third-order valence-corrected chi connectivity index (χ3v) is 4.06. The van der Waals surface area contributed by atoms with Gasteiger partial charge in [0.05, 0.1) is 6.61 Å². The first-order chi connectivity index (χ1) is 15.0. The first-order valence-corrected chi connectivity index (χ1v) is 10.0. The van der Waals surface area contributed by atoms with E-state index >= 15 is 0 Å². The number of nitrogens with one attached hydrogen (secondary N) is 2. The lowest BCUT2D eigenvalue weighted by atomic mass is 10.2. The second-order valence-electron chi connectivity index (χ2n) is 7.90. The summed E-state index contributed by atoms with van der Waals surface area (Å²) in [5.41, 5.74) is -0.261. The summed E-state index contributed by atoms with van der Waals surface area (Å²) in [7, 11) is 0. The SMILES string of the molecule is CCOc1ccc(Nc2nc(Nc3ccc(OC(C)(C)C)cc3)ncc2C(F)(F)F)cc1. The predicted octanol–water partition coefficient (Wildman–Crippen LogP) is 6.56. The summed E-state index contributed by atoms with van der Waals surface area (Å²) in [6, 6.07) is 13.6. The van der Waals surface area contributed by atoms with Gasteiger partial charge in [-0.1, -0.05) is 0 Å². The molecule has 3 aromatic rings. The molecule has 6 nitrogen and oxygen atoms in total.